The number of thiazole rings is 1. The summed E-state index contributed by atoms with van der Waals surface area (Å²) in [6.07, 6.45) is 2.61. The van der Waals surface area contributed by atoms with Gasteiger partial charge in [0.05, 0.1) is 6.61 Å². The average Bonchev–Trinajstić information content (AvgIpc) is 2.78. The summed E-state index contributed by atoms with van der Waals surface area (Å²) in [4.78, 5) is 16.2. The predicted molar refractivity (Wildman–Crippen MR) is 66.9 cm³/mol. The van der Waals surface area contributed by atoms with Gasteiger partial charge in [0, 0.05) is 11.6 Å². The second-order valence-electron chi connectivity index (χ2n) is 2.92. The van der Waals surface area contributed by atoms with Crippen LogP contribution in [-0.2, 0) is 0 Å². The largest absolute Gasteiger partial charge is 0.463 e. The molecule has 0 amide bonds. The zero-order chi connectivity index (χ0) is 12.1. The van der Waals surface area contributed by atoms with E-state index in [-0.39, 0.29) is 11.3 Å². The third-order valence-electron chi connectivity index (χ3n) is 1.59. The van der Waals surface area contributed by atoms with Gasteiger partial charge < -0.3 is 4.74 Å². The van der Waals surface area contributed by atoms with Crippen LogP contribution in [0.5, 0.6) is 6.01 Å². The molecule has 0 fully saturated rings. The molecular formula is C9H9ClN4OS2. The van der Waals surface area contributed by atoms with Gasteiger partial charge in [0.25, 0.3) is 0 Å². The summed E-state index contributed by atoms with van der Waals surface area (Å²) in [6.45, 7) is 2.57. The van der Waals surface area contributed by atoms with Gasteiger partial charge in [0.1, 0.15) is 0 Å². The van der Waals surface area contributed by atoms with E-state index < -0.39 is 0 Å². The van der Waals surface area contributed by atoms with E-state index in [9.17, 15) is 0 Å². The summed E-state index contributed by atoms with van der Waals surface area (Å²) in [5.74, 6) is 0. The minimum atomic E-state index is 0.130. The summed E-state index contributed by atoms with van der Waals surface area (Å²) in [5, 5.41) is 2.51. The lowest BCUT2D eigenvalue weighted by Gasteiger charge is -2.03. The minimum absolute atomic E-state index is 0.130. The van der Waals surface area contributed by atoms with Crippen molar-refractivity contribution in [2.24, 2.45) is 0 Å². The van der Waals surface area contributed by atoms with E-state index >= 15 is 0 Å². The maximum Gasteiger partial charge on any atom is 0.321 e. The van der Waals surface area contributed by atoms with Crippen molar-refractivity contribution in [2.75, 3.05) is 6.61 Å². The van der Waals surface area contributed by atoms with Gasteiger partial charge in [0.2, 0.25) is 10.4 Å². The van der Waals surface area contributed by atoms with Crippen LogP contribution >= 0.6 is 34.7 Å². The zero-order valence-electron chi connectivity index (χ0n) is 8.96. The maximum absolute atomic E-state index is 5.80. The van der Waals surface area contributed by atoms with Gasteiger partial charge in [-0.25, -0.2) is 4.98 Å². The van der Waals surface area contributed by atoms with Gasteiger partial charge in [0.15, 0.2) is 4.34 Å². The number of halogens is 1. The molecule has 2 heterocycles. The molecule has 2 rings (SSSR count). The number of nitrogens with zero attached hydrogens (tertiary/aromatic N) is 4. The predicted octanol–water partition coefficient (Wildman–Crippen LogP) is 2.92. The summed E-state index contributed by atoms with van der Waals surface area (Å²) in [7, 11) is 0. The Bertz CT molecular complexity index is 480. The second kappa shape index (κ2) is 6.13. The van der Waals surface area contributed by atoms with E-state index in [2.05, 4.69) is 19.9 Å². The molecule has 0 bridgehead atoms. The Kier molecular flexibility index (Phi) is 4.52. The van der Waals surface area contributed by atoms with Crippen molar-refractivity contribution in [3.05, 3.63) is 16.9 Å². The molecule has 0 aliphatic heterocycles. The molecule has 0 N–H and O–H groups in total. The number of hydrogen-bond donors (Lipinski definition) is 0. The Morgan fingerprint density at radius 1 is 1.41 bits per heavy atom. The van der Waals surface area contributed by atoms with Crippen molar-refractivity contribution in [1.29, 1.82) is 0 Å². The van der Waals surface area contributed by atoms with Crippen LogP contribution in [0.1, 0.15) is 13.3 Å². The quantitative estimate of drug-likeness (QED) is 0.843. The molecule has 2 aromatic rings. The molecule has 5 nitrogen and oxygen atoms in total. The fourth-order valence-corrected chi connectivity index (χ4v) is 2.63. The van der Waals surface area contributed by atoms with E-state index in [1.807, 2.05) is 12.3 Å². The number of rotatable bonds is 5. The molecule has 2 aromatic heterocycles. The lowest BCUT2D eigenvalue weighted by molar-refractivity contribution is 0.288. The maximum atomic E-state index is 5.80. The molecule has 8 heteroatoms. The first-order chi connectivity index (χ1) is 8.28. The van der Waals surface area contributed by atoms with Gasteiger partial charge in [-0.3, -0.25) is 0 Å². The highest BCUT2D eigenvalue weighted by molar-refractivity contribution is 8.00. The lowest BCUT2D eigenvalue weighted by Crippen LogP contribution is -2.02. The van der Waals surface area contributed by atoms with Crippen molar-refractivity contribution in [3.63, 3.8) is 0 Å². The van der Waals surface area contributed by atoms with Crippen LogP contribution in [-0.4, -0.2) is 26.5 Å². The minimum Gasteiger partial charge on any atom is -0.463 e. The third-order valence-corrected chi connectivity index (χ3v) is 3.51. The number of aromatic nitrogens is 4. The Balaban J connectivity index is 2.13. The highest BCUT2D eigenvalue weighted by Crippen LogP contribution is 2.27. The van der Waals surface area contributed by atoms with Crippen LogP contribution in [0, 0.1) is 0 Å². The molecule has 0 unspecified atom stereocenters. The lowest BCUT2D eigenvalue weighted by atomic mass is 10.5. The number of hydrogen-bond acceptors (Lipinski definition) is 7. The molecular weight excluding hydrogens is 280 g/mol. The van der Waals surface area contributed by atoms with Gasteiger partial charge in [-0.2, -0.15) is 15.0 Å². The van der Waals surface area contributed by atoms with Crippen molar-refractivity contribution in [1.82, 2.24) is 19.9 Å². The molecule has 90 valence electrons. The summed E-state index contributed by atoms with van der Waals surface area (Å²) in [5.41, 5.74) is 0. The highest BCUT2D eigenvalue weighted by Gasteiger charge is 2.08. The normalized spacial score (nSPS) is 10.5. The topological polar surface area (TPSA) is 60.8 Å². The molecule has 0 saturated carbocycles. The molecule has 0 aliphatic rings. The van der Waals surface area contributed by atoms with E-state index in [1.54, 1.807) is 6.20 Å². The van der Waals surface area contributed by atoms with Crippen LogP contribution < -0.4 is 4.74 Å². The van der Waals surface area contributed by atoms with Crippen LogP contribution in [0.25, 0.3) is 0 Å². The fraction of sp³-hybridized carbons (Fsp3) is 0.333. The fourth-order valence-electron chi connectivity index (χ4n) is 0.957. The van der Waals surface area contributed by atoms with Crippen molar-refractivity contribution in [3.8, 4) is 6.01 Å². The Morgan fingerprint density at radius 3 is 3.00 bits per heavy atom. The Morgan fingerprint density at radius 2 is 2.29 bits per heavy atom. The Hall–Kier alpha value is -0.920. The molecule has 17 heavy (non-hydrogen) atoms. The van der Waals surface area contributed by atoms with E-state index in [4.69, 9.17) is 16.3 Å². The smallest absolute Gasteiger partial charge is 0.321 e. The zero-order valence-corrected chi connectivity index (χ0v) is 11.3. The molecule has 0 saturated heterocycles. The second-order valence-corrected chi connectivity index (χ2v) is 5.37. The molecule has 0 aliphatic carbocycles. The van der Waals surface area contributed by atoms with E-state index in [1.165, 1.54) is 23.1 Å². The van der Waals surface area contributed by atoms with Crippen molar-refractivity contribution >= 4 is 34.7 Å². The molecule has 0 aromatic carbocycles. The highest BCUT2D eigenvalue weighted by atomic mass is 35.5. The van der Waals surface area contributed by atoms with E-state index in [0.29, 0.717) is 11.8 Å². The van der Waals surface area contributed by atoms with Crippen LogP contribution in [0.2, 0.25) is 5.28 Å². The average molecular weight is 289 g/mol. The summed E-state index contributed by atoms with van der Waals surface area (Å²) in [6, 6.07) is 0.255. The first kappa shape index (κ1) is 12.5. The van der Waals surface area contributed by atoms with Gasteiger partial charge in [-0.15, -0.1) is 11.3 Å². The molecule has 0 spiro atoms. The first-order valence-electron chi connectivity index (χ1n) is 4.89. The molecule has 0 atom stereocenters. The van der Waals surface area contributed by atoms with Crippen molar-refractivity contribution in [2.45, 2.75) is 22.8 Å². The SMILES string of the molecule is CCCOc1nc(Cl)nc(Sc2nccs2)n1. The molecule has 0 radical (unpaired) electrons. The van der Waals surface area contributed by atoms with Crippen LogP contribution in [0.15, 0.2) is 21.1 Å². The standard InChI is InChI=1S/C9H9ClN4OS2/c1-2-4-15-7-12-6(10)13-8(14-7)17-9-11-3-5-16-9/h3,5H,2,4H2,1H3. The van der Waals surface area contributed by atoms with Crippen molar-refractivity contribution < 1.29 is 4.74 Å². The Labute approximate surface area is 112 Å². The van der Waals surface area contributed by atoms with Crippen LogP contribution in [0.4, 0.5) is 0 Å². The monoisotopic (exact) mass is 288 g/mol. The third kappa shape index (κ3) is 3.79. The van der Waals surface area contributed by atoms with Gasteiger partial charge in [-0.05, 0) is 29.8 Å². The summed E-state index contributed by atoms with van der Waals surface area (Å²) < 4.78 is 6.17. The summed E-state index contributed by atoms with van der Waals surface area (Å²) >= 11 is 8.65. The van der Waals surface area contributed by atoms with E-state index in [0.717, 1.165) is 10.8 Å². The first-order valence-corrected chi connectivity index (χ1v) is 6.97. The van der Waals surface area contributed by atoms with Crippen LogP contribution in [0.3, 0.4) is 0 Å². The number of ether oxygens (including phenoxy) is 1. The van der Waals surface area contributed by atoms with Gasteiger partial charge >= 0.3 is 6.01 Å². The van der Waals surface area contributed by atoms with Gasteiger partial charge in [-0.1, -0.05) is 6.92 Å².